The summed E-state index contributed by atoms with van der Waals surface area (Å²) in [6, 6.07) is 13.7. The molecule has 1 aliphatic rings. The monoisotopic (exact) mass is 463 g/mol. The molecule has 2 heterocycles. The number of guanidine groups is 1. The first-order chi connectivity index (χ1) is 16.4. The summed E-state index contributed by atoms with van der Waals surface area (Å²) in [5.41, 5.74) is 6.58. The van der Waals surface area contributed by atoms with Crippen LogP contribution in [-0.2, 0) is 16.2 Å². The van der Waals surface area contributed by atoms with Crippen LogP contribution in [0, 0.1) is 12.3 Å². The Morgan fingerprint density at radius 2 is 2.06 bits per heavy atom. The quantitative estimate of drug-likeness (QED) is 0.376. The highest BCUT2D eigenvalue weighted by molar-refractivity contribution is 5.95. The molecule has 178 valence electrons. The molecule has 1 atom stereocenters. The number of nitrogens with one attached hydrogen (secondary N) is 2. The van der Waals surface area contributed by atoms with Gasteiger partial charge in [0.1, 0.15) is 6.54 Å². The largest absolute Gasteiger partial charge is 0.368 e. The van der Waals surface area contributed by atoms with Gasteiger partial charge in [0.15, 0.2) is 5.82 Å². The van der Waals surface area contributed by atoms with Crippen LogP contribution in [0.4, 0.5) is 11.5 Å². The predicted molar refractivity (Wildman–Crippen MR) is 131 cm³/mol. The number of carbonyl (C=O) groups excluding carboxylic acids is 1. The molecule has 1 aromatic heterocycles. The third kappa shape index (κ3) is 4.72. The van der Waals surface area contributed by atoms with Gasteiger partial charge in [-0.25, -0.2) is 10.0 Å². The molecule has 4 N–H and O–H groups in total. The lowest BCUT2D eigenvalue weighted by Gasteiger charge is -2.31. The highest BCUT2D eigenvalue weighted by Crippen LogP contribution is 2.29. The van der Waals surface area contributed by atoms with E-state index in [1.54, 1.807) is 13.1 Å². The number of hydrogen-bond donors (Lipinski definition) is 3. The van der Waals surface area contributed by atoms with Crippen molar-refractivity contribution in [3.05, 3.63) is 64.7 Å². The minimum atomic E-state index is -0.326. The van der Waals surface area contributed by atoms with E-state index in [2.05, 4.69) is 10.3 Å². The number of anilines is 2. The van der Waals surface area contributed by atoms with E-state index in [9.17, 15) is 9.59 Å². The lowest BCUT2D eigenvalue weighted by Crippen LogP contribution is -2.50. The van der Waals surface area contributed by atoms with Crippen LogP contribution in [0.5, 0.6) is 0 Å². The number of hydrogen-bond acceptors (Lipinski definition) is 6. The maximum Gasteiger partial charge on any atom is 0.294 e. The van der Waals surface area contributed by atoms with E-state index in [0.29, 0.717) is 25.2 Å². The van der Waals surface area contributed by atoms with E-state index in [4.69, 9.17) is 16.0 Å². The van der Waals surface area contributed by atoms with Crippen LogP contribution in [0.1, 0.15) is 19.0 Å². The summed E-state index contributed by atoms with van der Waals surface area (Å²) in [5, 5.41) is 13.7. The predicted octanol–water partition coefficient (Wildman–Crippen LogP) is 1.88. The number of fused-ring (bicyclic) bond motifs is 1. The van der Waals surface area contributed by atoms with Crippen LogP contribution in [0.25, 0.3) is 10.8 Å². The van der Waals surface area contributed by atoms with Crippen molar-refractivity contribution in [1.82, 2.24) is 19.9 Å². The van der Waals surface area contributed by atoms with Gasteiger partial charge in [-0.15, -0.1) is 0 Å². The molecule has 10 nitrogen and oxygen atoms in total. The number of hydroxylamine groups is 2. The van der Waals surface area contributed by atoms with Crippen molar-refractivity contribution in [3.63, 3.8) is 0 Å². The van der Waals surface area contributed by atoms with Gasteiger partial charge in [-0.05, 0) is 31.7 Å². The molecule has 4 rings (SSSR count). The topological polar surface area (TPSA) is 130 Å². The van der Waals surface area contributed by atoms with Gasteiger partial charge < -0.3 is 16.0 Å². The summed E-state index contributed by atoms with van der Waals surface area (Å²) in [4.78, 5) is 37.9. The summed E-state index contributed by atoms with van der Waals surface area (Å²) >= 11 is 0. The Kier molecular flexibility index (Phi) is 6.78. The number of amides is 1. The Bertz CT molecular complexity index is 1260. The van der Waals surface area contributed by atoms with E-state index in [1.165, 1.54) is 9.63 Å². The molecule has 1 aliphatic heterocycles. The third-order valence-electron chi connectivity index (χ3n) is 5.91. The van der Waals surface area contributed by atoms with Crippen molar-refractivity contribution in [2.24, 2.45) is 5.73 Å². The normalized spacial score (nSPS) is 15.8. The summed E-state index contributed by atoms with van der Waals surface area (Å²) < 4.78 is 1.44. The van der Waals surface area contributed by atoms with Crippen LogP contribution in [0.15, 0.2) is 53.5 Å². The van der Waals surface area contributed by atoms with Gasteiger partial charge in [-0.3, -0.25) is 24.4 Å². The molecule has 10 heteroatoms. The van der Waals surface area contributed by atoms with Crippen LogP contribution in [0.3, 0.4) is 0 Å². The molecular weight excluding hydrogens is 434 g/mol. The molecular formula is C24H29N7O3. The van der Waals surface area contributed by atoms with Crippen LogP contribution < -0.4 is 21.5 Å². The second kappa shape index (κ2) is 9.92. The van der Waals surface area contributed by atoms with Gasteiger partial charge in [0.2, 0.25) is 11.9 Å². The fourth-order valence-electron chi connectivity index (χ4n) is 4.14. The number of nitrogens with zero attached hydrogens (tertiary/aromatic N) is 4. The van der Waals surface area contributed by atoms with Crippen molar-refractivity contribution in [2.75, 3.05) is 24.6 Å². The number of nitrogens with two attached hydrogens (primary N) is 1. The van der Waals surface area contributed by atoms with Crippen molar-refractivity contribution in [1.29, 1.82) is 5.41 Å². The number of benzene rings is 2. The fraction of sp³-hybridized carbons (Fsp3) is 0.333. The van der Waals surface area contributed by atoms with Gasteiger partial charge in [-0.2, -0.15) is 0 Å². The standard InChI is InChI=1S/C24H29N7O3/c1-3-29(20-10-6-8-17-7-4-5-9-19(17)20)22-23(33)30(16(2)13-27-22)14-21(32)28-18-11-12-31(24(25)26)34-15-18/h4-10,13,18H,3,11-12,14-15H2,1-2H3,(H3,25,26)(H,28,32). The molecule has 1 unspecified atom stereocenters. The highest BCUT2D eigenvalue weighted by Gasteiger charge is 2.24. The van der Waals surface area contributed by atoms with Gasteiger partial charge in [0, 0.05) is 23.8 Å². The van der Waals surface area contributed by atoms with Crippen LogP contribution >= 0.6 is 0 Å². The Morgan fingerprint density at radius 1 is 1.29 bits per heavy atom. The molecule has 0 spiro atoms. The summed E-state index contributed by atoms with van der Waals surface area (Å²) in [6.07, 6.45) is 2.21. The first kappa shape index (κ1) is 23.2. The average Bonchev–Trinajstić information content (AvgIpc) is 2.84. The minimum absolute atomic E-state index is 0.125. The third-order valence-corrected chi connectivity index (χ3v) is 5.91. The lowest BCUT2D eigenvalue weighted by molar-refractivity contribution is -0.143. The molecule has 0 radical (unpaired) electrons. The zero-order valence-corrected chi connectivity index (χ0v) is 19.3. The molecule has 34 heavy (non-hydrogen) atoms. The van der Waals surface area contributed by atoms with E-state index in [1.807, 2.05) is 54.3 Å². The molecule has 0 bridgehead atoms. The first-order valence-corrected chi connectivity index (χ1v) is 11.2. The number of rotatable bonds is 6. The zero-order valence-electron chi connectivity index (χ0n) is 19.3. The average molecular weight is 464 g/mol. The van der Waals surface area contributed by atoms with Crippen molar-refractivity contribution in [2.45, 2.75) is 32.9 Å². The van der Waals surface area contributed by atoms with E-state index < -0.39 is 0 Å². The minimum Gasteiger partial charge on any atom is -0.368 e. The highest BCUT2D eigenvalue weighted by atomic mass is 16.7. The van der Waals surface area contributed by atoms with Gasteiger partial charge in [-0.1, -0.05) is 36.4 Å². The maximum absolute atomic E-state index is 13.5. The summed E-state index contributed by atoms with van der Waals surface area (Å²) in [5.74, 6) is -0.182. The number of carbonyl (C=O) groups is 1. The van der Waals surface area contributed by atoms with E-state index >= 15 is 0 Å². The first-order valence-electron chi connectivity index (χ1n) is 11.2. The maximum atomic E-state index is 13.5. The Morgan fingerprint density at radius 3 is 2.76 bits per heavy atom. The number of aromatic nitrogens is 2. The Hall–Kier alpha value is -3.92. The molecule has 2 aromatic carbocycles. The van der Waals surface area contributed by atoms with E-state index in [0.717, 1.165) is 16.5 Å². The van der Waals surface area contributed by atoms with Gasteiger partial charge in [0.25, 0.3) is 5.56 Å². The second-order valence-corrected chi connectivity index (χ2v) is 8.19. The molecule has 3 aromatic rings. The van der Waals surface area contributed by atoms with Gasteiger partial charge >= 0.3 is 0 Å². The van der Waals surface area contributed by atoms with Crippen molar-refractivity contribution < 1.29 is 9.63 Å². The molecule has 1 saturated heterocycles. The lowest BCUT2D eigenvalue weighted by atomic mass is 10.1. The molecule has 0 saturated carbocycles. The SMILES string of the molecule is CCN(c1ncc(C)n(CC(=O)NC2CCN(C(=N)N)OC2)c1=O)c1cccc2ccccc12. The summed E-state index contributed by atoms with van der Waals surface area (Å²) in [7, 11) is 0. The van der Waals surface area contributed by atoms with Crippen LogP contribution in [-0.4, -0.2) is 52.2 Å². The second-order valence-electron chi connectivity index (χ2n) is 8.19. The van der Waals surface area contributed by atoms with E-state index in [-0.39, 0.29) is 42.4 Å². The van der Waals surface area contributed by atoms with Crippen LogP contribution in [0.2, 0.25) is 0 Å². The fourth-order valence-corrected chi connectivity index (χ4v) is 4.14. The van der Waals surface area contributed by atoms with Crippen molar-refractivity contribution >= 4 is 34.1 Å². The Balaban J connectivity index is 1.56. The number of aryl methyl sites for hydroxylation is 1. The summed E-state index contributed by atoms with van der Waals surface area (Å²) in [6.45, 7) is 4.76. The molecule has 1 fully saturated rings. The zero-order chi connectivity index (χ0) is 24.2. The molecule has 0 aliphatic carbocycles. The molecule has 1 amide bonds. The van der Waals surface area contributed by atoms with Gasteiger partial charge in [0.05, 0.1) is 24.9 Å². The van der Waals surface area contributed by atoms with Crippen molar-refractivity contribution in [3.8, 4) is 0 Å². The Labute approximate surface area is 197 Å². The smallest absolute Gasteiger partial charge is 0.294 e.